The third kappa shape index (κ3) is 3.98. The molecular weight excluding hydrogens is 464 g/mol. The van der Waals surface area contributed by atoms with E-state index in [-0.39, 0.29) is 0 Å². The van der Waals surface area contributed by atoms with E-state index in [9.17, 15) is 0 Å². The minimum atomic E-state index is 0.907. The van der Waals surface area contributed by atoms with E-state index >= 15 is 0 Å². The lowest BCUT2D eigenvalue weighted by atomic mass is 9.93. The van der Waals surface area contributed by atoms with Gasteiger partial charge in [0.2, 0.25) is 0 Å². The average molecular weight is 487 g/mol. The molecule has 0 aliphatic rings. The molecule has 7 aromatic rings. The Hall–Kier alpha value is -5.22. The molecule has 4 nitrogen and oxygen atoms in total. The lowest BCUT2D eigenvalue weighted by Gasteiger charge is -2.13. The maximum absolute atomic E-state index is 4.99. The average Bonchev–Trinajstić information content (AvgIpc) is 3.01. The van der Waals surface area contributed by atoms with Crippen molar-refractivity contribution in [1.29, 1.82) is 0 Å². The Balaban J connectivity index is 1.42. The quantitative estimate of drug-likeness (QED) is 0.235. The molecule has 0 unspecified atom stereocenters. The first-order valence-electron chi connectivity index (χ1n) is 12.5. The summed E-state index contributed by atoms with van der Waals surface area (Å²) >= 11 is 0. The molecule has 0 atom stereocenters. The molecule has 0 saturated carbocycles. The summed E-state index contributed by atoms with van der Waals surface area (Å²) in [6.45, 7) is 0. The molecule has 38 heavy (non-hydrogen) atoms. The standard InChI is InChI=1S/C34H22N4/c1-2-9-30-29(8-1)31(20-27-7-4-14-37-34(27)30)26-6-3-5-25(19-26)28-21-32(23-10-15-35-16-11-23)38-33(22-28)24-12-17-36-18-13-24/h1-22H. The van der Waals surface area contributed by atoms with Crippen LogP contribution >= 0.6 is 0 Å². The van der Waals surface area contributed by atoms with E-state index < -0.39 is 0 Å². The van der Waals surface area contributed by atoms with Crippen LogP contribution in [0.3, 0.4) is 0 Å². The van der Waals surface area contributed by atoms with Gasteiger partial charge in [-0.25, -0.2) is 4.98 Å². The summed E-state index contributed by atoms with van der Waals surface area (Å²) in [5.74, 6) is 0. The maximum atomic E-state index is 4.99. The van der Waals surface area contributed by atoms with Crippen LogP contribution in [0.4, 0.5) is 0 Å². The summed E-state index contributed by atoms with van der Waals surface area (Å²) in [5.41, 5.74) is 9.49. The first-order valence-corrected chi connectivity index (χ1v) is 12.5. The lowest BCUT2D eigenvalue weighted by Crippen LogP contribution is -1.92. The molecule has 0 bridgehead atoms. The number of rotatable bonds is 4. The highest BCUT2D eigenvalue weighted by molar-refractivity contribution is 6.12. The van der Waals surface area contributed by atoms with Gasteiger partial charge in [-0.1, -0.05) is 48.5 Å². The van der Waals surface area contributed by atoms with Crippen LogP contribution in [-0.2, 0) is 0 Å². The zero-order valence-electron chi connectivity index (χ0n) is 20.5. The molecule has 0 aliphatic heterocycles. The van der Waals surface area contributed by atoms with Crippen LogP contribution in [0.2, 0.25) is 0 Å². The molecule has 0 fully saturated rings. The minimum Gasteiger partial charge on any atom is -0.265 e. The van der Waals surface area contributed by atoms with Gasteiger partial charge in [0.05, 0.1) is 16.9 Å². The SMILES string of the molecule is c1cc(-c2cc(-c3ccncc3)nc(-c3ccncc3)c2)cc(-c2cc3cccnc3c3ccccc23)c1. The van der Waals surface area contributed by atoms with Crippen LogP contribution < -0.4 is 0 Å². The van der Waals surface area contributed by atoms with E-state index in [0.29, 0.717) is 0 Å². The summed E-state index contributed by atoms with van der Waals surface area (Å²) in [7, 11) is 0. The number of aromatic nitrogens is 4. The van der Waals surface area contributed by atoms with Gasteiger partial charge < -0.3 is 0 Å². The number of hydrogen-bond acceptors (Lipinski definition) is 4. The van der Waals surface area contributed by atoms with Crippen LogP contribution in [0.15, 0.2) is 134 Å². The predicted molar refractivity (Wildman–Crippen MR) is 154 cm³/mol. The predicted octanol–water partition coefficient (Wildman–Crippen LogP) is 8.24. The first-order chi connectivity index (χ1) is 18.8. The van der Waals surface area contributed by atoms with Gasteiger partial charge in [-0.05, 0) is 82.2 Å². The van der Waals surface area contributed by atoms with Crippen molar-refractivity contribution in [3.05, 3.63) is 134 Å². The van der Waals surface area contributed by atoms with Gasteiger partial charge in [-0.15, -0.1) is 0 Å². The summed E-state index contributed by atoms with van der Waals surface area (Å²) in [6.07, 6.45) is 9.07. The van der Waals surface area contributed by atoms with Gasteiger partial charge in [0.15, 0.2) is 0 Å². The van der Waals surface area contributed by atoms with Gasteiger partial charge in [0, 0.05) is 52.9 Å². The molecule has 3 aromatic carbocycles. The van der Waals surface area contributed by atoms with Gasteiger partial charge in [0.25, 0.3) is 0 Å². The number of nitrogens with zero attached hydrogens (tertiary/aromatic N) is 4. The maximum Gasteiger partial charge on any atom is 0.0780 e. The topological polar surface area (TPSA) is 51.6 Å². The smallest absolute Gasteiger partial charge is 0.0780 e. The molecule has 7 rings (SSSR count). The van der Waals surface area contributed by atoms with E-state index in [1.807, 2.05) is 36.5 Å². The molecule has 0 amide bonds. The first kappa shape index (κ1) is 22.0. The highest BCUT2D eigenvalue weighted by atomic mass is 14.7. The lowest BCUT2D eigenvalue weighted by molar-refractivity contribution is 1.27. The Bertz CT molecular complexity index is 1860. The van der Waals surface area contributed by atoms with E-state index in [1.54, 1.807) is 24.8 Å². The Kier molecular flexibility index (Phi) is 5.41. The van der Waals surface area contributed by atoms with Crippen LogP contribution in [0.25, 0.3) is 66.4 Å². The van der Waals surface area contributed by atoms with Crippen molar-refractivity contribution in [1.82, 2.24) is 19.9 Å². The van der Waals surface area contributed by atoms with E-state index in [1.165, 1.54) is 10.9 Å². The zero-order chi connectivity index (χ0) is 25.3. The Labute approximate surface area is 220 Å². The van der Waals surface area contributed by atoms with Crippen molar-refractivity contribution in [2.75, 3.05) is 0 Å². The Morgan fingerprint density at radius 3 is 1.79 bits per heavy atom. The molecule has 178 valence electrons. The number of pyridine rings is 4. The van der Waals surface area contributed by atoms with Crippen LogP contribution in [0.5, 0.6) is 0 Å². The third-order valence-electron chi connectivity index (χ3n) is 6.90. The van der Waals surface area contributed by atoms with Crippen molar-refractivity contribution in [2.24, 2.45) is 0 Å². The fraction of sp³-hybridized carbons (Fsp3) is 0. The molecule has 0 aliphatic carbocycles. The molecule has 4 heteroatoms. The molecule has 0 saturated heterocycles. The van der Waals surface area contributed by atoms with Gasteiger partial charge in [-0.2, -0.15) is 0 Å². The van der Waals surface area contributed by atoms with Crippen LogP contribution in [-0.4, -0.2) is 19.9 Å². The zero-order valence-corrected chi connectivity index (χ0v) is 20.5. The largest absolute Gasteiger partial charge is 0.265 e. The Morgan fingerprint density at radius 2 is 1.08 bits per heavy atom. The highest BCUT2D eigenvalue weighted by Gasteiger charge is 2.12. The summed E-state index contributed by atoms with van der Waals surface area (Å²) in [5, 5.41) is 3.49. The second-order valence-corrected chi connectivity index (χ2v) is 9.22. The fourth-order valence-corrected chi connectivity index (χ4v) is 5.06. The van der Waals surface area contributed by atoms with E-state index in [2.05, 4.69) is 87.7 Å². The number of fused-ring (bicyclic) bond motifs is 3. The van der Waals surface area contributed by atoms with Crippen molar-refractivity contribution >= 4 is 21.7 Å². The van der Waals surface area contributed by atoms with Crippen molar-refractivity contribution in [3.8, 4) is 44.8 Å². The molecule has 0 radical (unpaired) electrons. The van der Waals surface area contributed by atoms with Crippen LogP contribution in [0.1, 0.15) is 0 Å². The van der Waals surface area contributed by atoms with Crippen LogP contribution in [0, 0.1) is 0 Å². The summed E-state index contributed by atoms with van der Waals surface area (Å²) < 4.78 is 0. The third-order valence-corrected chi connectivity index (χ3v) is 6.90. The van der Waals surface area contributed by atoms with E-state index in [4.69, 9.17) is 4.98 Å². The molecule has 4 heterocycles. The summed E-state index contributed by atoms with van der Waals surface area (Å²) in [6, 6.07) is 35.9. The van der Waals surface area contributed by atoms with Crippen molar-refractivity contribution in [3.63, 3.8) is 0 Å². The van der Waals surface area contributed by atoms with Crippen molar-refractivity contribution in [2.45, 2.75) is 0 Å². The monoisotopic (exact) mass is 486 g/mol. The highest BCUT2D eigenvalue weighted by Crippen LogP contribution is 2.37. The van der Waals surface area contributed by atoms with Crippen molar-refractivity contribution < 1.29 is 0 Å². The number of benzene rings is 3. The minimum absolute atomic E-state index is 0.907. The van der Waals surface area contributed by atoms with Gasteiger partial charge in [0.1, 0.15) is 0 Å². The normalized spacial score (nSPS) is 11.2. The number of hydrogen-bond donors (Lipinski definition) is 0. The van der Waals surface area contributed by atoms with E-state index in [0.717, 1.165) is 55.5 Å². The second kappa shape index (κ2) is 9.34. The molecule has 0 N–H and O–H groups in total. The molecular formula is C34H22N4. The molecule has 0 spiro atoms. The fourth-order valence-electron chi connectivity index (χ4n) is 5.06. The Morgan fingerprint density at radius 1 is 0.421 bits per heavy atom. The second-order valence-electron chi connectivity index (χ2n) is 9.22. The summed E-state index contributed by atoms with van der Waals surface area (Å²) in [4.78, 5) is 18.0. The van der Waals surface area contributed by atoms with Gasteiger partial charge >= 0.3 is 0 Å². The van der Waals surface area contributed by atoms with Gasteiger partial charge in [-0.3, -0.25) is 15.0 Å². The molecule has 4 aromatic heterocycles.